The van der Waals surface area contributed by atoms with Gasteiger partial charge in [-0.3, -0.25) is 4.79 Å². The fourth-order valence-electron chi connectivity index (χ4n) is 1.36. The summed E-state index contributed by atoms with van der Waals surface area (Å²) in [5.74, 6) is 0.670. The summed E-state index contributed by atoms with van der Waals surface area (Å²) >= 11 is 4.99. The van der Waals surface area contributed by atoms with E-state index in [1.165, 1.54) is 19.3 Å². The Morgan fingerprint density at radius 2 is 2.31 bits per heavy atom. The third-order valence-corrected chi connectivity index (χ3v) is 4.26. The topological polar surface area (TPSA) is 30.0 Å². The summed E-state index contributed by atoms with van der Waals surface area (Å²) in [6.07, 6.45) is 3.77. The second-order valence-corrected chi connectivity index (χ2v) is 5.71. The van der Waals surface area contributed by atoms with Crippen molar-refractivity contribution >= 4 is 33.0 Å². The Morgan fingerprint density at radius 1 is 1.62 bits per heavy atom. The lowest BCUT2D eigenvalue weighted by atomic mass is 9.86. The molecule has 0 saturated heterocycles. The second-order valence-electron chi connectivity index (χ2n) is 3.36. The molecule has 0 atom stereocenters. The van der Waals surface area contributed by atoms with Crippen LogP contribution < -0.4 is 0 Å². The maximum absolute atomic E-state index is 11.1. The molecule has 1 saturated carbocycles. The van der Waals surface area contributed by atoms with Crippen molar-refractivity contribution in [2.45, 2.75) is 32.1 Å². The molecular weight excluding hydrogens is 250 g/mol. The van der Waals surface area contributed by atoms with E-state index in [9.17, 15) is 4.79 Å². The molecule has 0 bridgehead atoms. The van der Waals surface area contributed by atoms with Crippen LogP contribution in [0.25, 0.3) is 0 Å². The van der Waals surface area contributed by atoms with Crippen molar-refractivity contribution in [1.82, 2.24) is 4.98 Å². The predicted octanol–water partition coefficient (Wildman–Crippen LogP) is 3.38. The van der Waals surface area contributed by atoms with Crippen LogP contribution in [-0.4, -0.2) is 10.8 Å². The van der Waals surface area contributed by atoms with Crippen molar-refractivity contribution < 1.29 is 4.79 Å². The smallest absolute Gasteiger partial charge is 0.180 e. The molecule has 0 N–H and O–H groups in total. The SMILES string of the molecule is CC(=O)c1nc(C2CCC2)sc1Br. The van der Waals surface area contributed by atoms with Gasteiger partial charge >= 0.3 is 0 Å². The normalized spacial score (nSPS) is 17.1. The van der Waals surface area contributed by atoms with E-state index in [1.54, 1.807) is 18.3 Å². The van der Waals surface area contributed by atoms with Gasteiger partial charge in [-0.05, 0) is 28.8 Å². The monoisotopic (exact) mass is 259 g/mol. The minimum absolute atomic E-state index is 0.0497. The van der Waals surface area contributed by atoms with Gasteiger partial charge in [-0.1, -0.05) is 6.42 Å². The summed E-state index contributed by atoms with van der Waals surface area (Å²) in [4.78, 5) is 15.5. The number of ketones is 1. The molecule has 13 heavy (non-hydrogen) atoms. The van der Waals surface area contributed by atoms with Crippen LogP contribution >= 0.6 is 27.3 Å². The summed E-state index contributed by atoms with van der Waals surface area (Å²) in [7, 11) is 0. The van der Waals surface area contributed by atoms with E-state index in [0.29, 0.717) is 11.6 Å². The lowest BCUT2D eigenvalue weighted by Crippen LogP contribution is -2.08. The summed E-state index contributed by atoms with van der Waals surface area (Å²) in [6, 6.07) is 0. The Labute approximate surface area is 89.5 Å². The molecular formula is C9H10BrNOS. The molecule has 0 spiro atoms. The fourth-order valence-corrected chi connectivity index (χ4v) is 3.24. The molecule has 70 valence electrons. The predicted molar refractivity (Wildman–Crippen MR) is 56.4 cm³/mol. The van der Waals surface area contributed by atoms with Gasteiger partial charge in [0.15, 0.2) is 5.78 Å². The maximum Gasteiger partial charge on any atom is 0.180 e. The highest BCUT2D eigenvalue weighted by Gasteiger charge is 2.24. The van der Waals surface area contributed by atoms with Crippen LogP contribution in [0, 0.1) is 0 Å². The van der Waals surface area contributed by atoms with E-state index < -0.39 is 0 Å². The summed E-state index contributed by atoms with van der Waals surface area (Å²) < 4.78 is 0.891. The summed E-state index contributed by atoms with van der Waals surface area (Å²) in [6.45, 7) is 1.56. The molecule has 0 amide bonds. The molecule has 1 aromatic heterocycles. The molecule has 1 aromatic rings. The molecule has 2 rings (SSSR count). The van der Waals surface area contributed by atoms with Gasteiger partial charge in [0.1, 0.15) is 9.48 Å². The first-order valence-corrected chi connectivity index (χ1v) is 5.96. The molecule has 0 unspecified atom stereocenters. The standard InChI is InChI=1S/C9H10BrNOS/c1-5(12)7-8(10)13-9(11-7)6-3-2-4-6/h6H,2-4H2,1H3. The number of hydrogen-bond acceptors (Lipinski definition) is 3. The number of hydrogen-bond donors (Lipinski definition) is 0. The van der Waals surface area contributed by atoms with Gasteiger partial charge in [0, 0.05) is 12.8 Å². The Balaban J connectivity index is 2.28. The van der Waals surface area contributed by atoms with Crippen LogP contribution in [0.5, 0.6) is 0 Å². The highest BCUT2D eigenvalue weighted by atomic mass is 79.9. The van der Waals surface area contributed by atoms with Crippen molar-refractivity contribution in [1.29, 1.82) is 0 Å². The minimum Gasteiger partial charge on any atom is -0.293 e. The van der Waals surface area contributed by atoms with Crippen LogP contribution in [0.2, 0.25) is 0 Å². The Bertz CT molecular complexity index is 343. The highest BCUT2D eigenvalue weighted by molar-refractivity contribution is 9.11. The van der Waals surface area contributed by atoms with Crippen LogP contribution in [0.4, 0.5) is 0 Å². The molecule has 0 aliphatic heterocycles. The zero-order valence-corrected chi connectivity index (χ0v) is 9.74. The zero-order valence-electron chi connectivity index (χ0n) is 7.34. The van der Waals surface area contributed by atoms with E-state index in [-0.39, 0.29) is 5.78 Å². The molecule has 1 aliphatic carbocycles. The van der Waals surface area contributed by atoms with Crippen molar-refractivity contribution in [3.63, 3.8) is 0 Å². The van der Waals surface area contributed by atoms with Gasteiger partial charge in [-0.15, -0.1) is 11.3 Å². The number of Topliss-reactive ketones (excluding diaryl/α,β-unsaturated/α-hetero) is 1. The average Bonchev–Trinajstić information content (AvgIpc) is 2.27. The van der Waals surface area contributed by atoms with Crippen LogP contribution in [0.3, 0.4) is 0 Å². The molecule has 4 heteroatoms. The highest BCUT2D eigenvalue weighted by Crippen LogP contribution is 2.40. The number of rotatable bonds is 2. The van der Waals surface area contributed by atoms with Crippen LogP contribution in [0.15, 0.2) is 3.79 Å². The maximum atomic E-state index is 11.1. The molecule has 1 fully saturated rings. The Morgan fingerprint density at radius 3 is 2.69 bits per heavy atom. The van der Waals surface area contributed by atoms with E-state index >= 15 is 0 Å². The number of carbonyl (C=O) groups is 1. The van der Waals surface area contributed by atoms with E-state index in [0.717, 1.165) is 8.79 Å². The van der Waals surface area contributed by atoms with Crippen molar-refractivity contribution in [2.75, 3.05) is 0 Å². The Kier molecular flexibility index (Phi) is 2.51. The molecule has 1 aliphatic rings. The van der Waals surface area contributed by atoms with Gasteiger partial charge in [-0.2, -0.15) is 0 Å². The second kappa shape index (κ2) is 3.50. The van der Waals surface area contributed by atoms with Crippen molar-refractivity contribution in [2.24, 2.45) is 0 Å². The first kappa shape index (κ1) is 9.34. The first-order chi connectivity index (χ1) is 6.18. The zero-order chi connectivity index (χ0) is 9.42. The number of aromatic nitrogens is 1. The van der Waals surface area contributed by atoms with Crippen molar-refractivity contribution in [3.05, 3.63) is 14.5 Å². The number of thiazole rings is 1. The van der Waals surface area contributed by atoms with E-state index in [1.807, 2.05) is 0 Å². The van der Waals surface area contributed by atoms with Gasteiger partial charge < -0.3 is 0 Å². The molecule has 1 heterocycles. The molecule has 0 aromatic carbocycles. The Hall–Kier alpha value is -0.220. The molecule has 0 radical (unpaired) electrons. The number of carbonyl (C=O) groups excluding carboxylic acids is 1. The van der Waals surface area contributed by atoms with Crippen LogP contribution in [-0.2, 0) is 0 Å². The van der Waals surface area contributed by atoms with Crippen LogP contribution in [0.1, 0.15) is 47.6 Å². The third-order valence-electron chi connectivity index (χ3n) is 2.39. The lowest BCUT2D eigenvalue weighted by Gasteiger charge is -2.22. The van der Waals surface area contributed by atoms with Crippen molar-refractivity contribution in [3.8, 4) is 0 Å². The number of halogens is 1. The minimum atomic E-state index is 0.0497. The van der Waals surface area contributed by atoms with E-state index in [4.69, 9.17) is 0 Å². The van der Waals surface area contributed by atoms with Gasteiger partial charge in [-0.25, -0.2) is 4.98 Å². The van der Waals surface area contributed by atoms with Gasteiger partial charge in [0.05, 0.1) is 5.01 Å². The fraction of sp³-hybridized carbons (Fsp3) is 0.556. The van der Waals surface area contributed by atoms with Gasteiger partial charge in [0.2, 0.25) is 0 Å². The average molecular weight is 260 g/mol. The summed E-state index contributed by atoms with van der Waals surface area (Å²) in [5, 5.41) is 1.13. The summed E-state index contributed by atoms with van der Waals surface area (Å²) in [5.41, 5.74) is 0.604. The quantitative estimate of drug-likeness (QED) is 0.763. The third kappa shape index (κ3) is 1.70. The molecule has 2 nitrogen and oxygen atoms in total. The largest absolute Gasteiger partial charge is 0.293 e. The number of nitrogens with zero attached hydrogens (tertiary/aromatic N) is 1. The van der Waals surface area contributed by atoms with E-state index in [2.05, 4.69) is 20.9 Å². The van der Waals surface area contributed by atoms with Gasteiger partial charge in [0.25, 0.3) is 0 Å². The first-order valence-electron chi connectivity index (χ1n) is 4.35. The lowest BCUT2D eigenvalue weighted by molar-refractivity contribution is 0.101.